The van der Waals surface area contributed by atoms with Crippen LogP contribution in [0, 0.1) is 11.7 Å². The Kier molecular flexibility index (Phi) is 7.81. The van der Waals surface area contributed by atoms with Crippen LogP contribution in [0.25, 0.3) is 0 Å². The number of amides is 1. The second-order valence-electron chi connectivity index (χ2n) is 6.62. The third-order valence-electron chi connectivity index (χ3n) is 4.89. The number of hydrogen-bond acceptors (Lipinski definition) is 4. The van der Waals surface area contributed by atoms with Gasteiger partial charge in [0.25, 0.3) is 5.91 Å². The van der Waals surface area contributed by atoms with Crippen LogP contribution in [0.4, 0.5) is 4.39 Å². The summed E-state index contributed by atoms with van der Waals surface area (Å²) < 4.78 is 19.6. The van der Waals surface area contributed by atoms with E-state index in [4.69, 9.17) is 10.5 Å². The number of likely N-dealkylation sites (tertiary alicyclic amines) is 1. The lowest BCUT2D eigenvalue weighted by Gasteiger charge is -2.35. The summed E-state index contributed by atoms with van der Waals surface area (Å²) in [5.74, 6) is -0.0258. The summed E-state index contributed by atoms with van der Waals surface area (Å²) in [6.07, 6.45) is 5.14. The quantitative estimate of drug-likeness (QED) is 0.697. The standard InChI is InChI=1S/C20H28FN3O2/c1-15(20(25)23-10-9-22)14-24-11-7-16(8-12-24)19(26-2)13-17-5-3-4-6-18(17)21/h3-6,9-10,16,19H,1,7-8,11-14,22H2,2H3,(H,23,25)/b10-9-. The molecular formula is C20H28FN3O2. The number of nitrogens with one attached hydrogen (secondary N) is 1. The predicted molar refractivity (Wildman–Crippen MR) is 101 cm³/mol. The lowest BCUT2D eigenvalue weighted by Crippen LogP contribution is -2.41. The van der Waals surface area contributed by atoms with Gasteiger partial charge in [-0.25, -0.2) is 4.39 Å². The number of halogens is 1. The summed E-state index contributed by atoms with van der Waals surface area (Å²) in [6, 6.07) is 6.85. The number of hydrogen-bond donors (Lipinski definition) is 2. The molecule has 1 aromatic rings. The Morgan fingerprint density at radius 2 is 2.15 bits per heavy atom. The first-order valence-corrected chi connectivity index (χ1v) is 8.89. The van der Waals surface area contributed by atoms with Crippen molar-refractivity contribution in [1.82, 2.24) is 10.2 Å². The van der Waals surface area contributed by atoms with Gasteiger partial charge in [0.05, 0.1) is 6.10 Å². The Hall–Kier alpha value is -2.18. The predicted octanol–water partition coefficient (Wildman–Crippen LogP) is 2.20. The van der Waals surface area contributed by atoms with E-state index in [2.05, 4.69) is 16.8 Å². The van der Waals surface area contributed by atoms with Crippen molar-refractivity contribution in [2.75, 3.05) is 26.7 Å². The van der Waals surface area contributed by atoms with Crippen LogP contribution >= 0.6 is 0 Å². The minimum Gasteiger partial charge on any atom is -0.403 e. The third-order valence-corrected chi connectivity index (χ3v) is 4.89. The van der Waals surface area contributed by atoms with E-state index in [9.17, 15) is 9.18 Å². The summed E-state index contributed by atoms with van der Waals surface area (Å²) in [7, 11) is 1.69. The number of benzene rings is 1. The van der Waals surface area contributed by atoms with E-state index in [0.717, 1.165) is 25.9 Å². The molecular weight excluding hydrogens is 333 g/mol. The summed E-state index contributed by atoms with van der Waals surface area (Å²) in [5, 5.41) is 2.56. The zero-order valence-corrected chi connectivity index (χ0v) is 15.3. The van der Waals surface area contributed by atoms with E-state index < -0.39 is 0 Å². The highest BCUT2D eigenvalue weighted by atomic mass is 19.1. The maximum absolute atomic E-state index is 13.9. The molecule has 0 aromatic heterocycles. The number of piperidine rings is 1. The molecule has 0 aliphatic carbocycles. The molecule has 0 saturated carbocycles. The molecule has 0 radical (unpaired) electrons. The Bertz CT molecular complexity index is 640. The molecule has 5 nitrogen and oxygen atoms in total. The number of carbonyl (C=O) groups is 1. The van der Waals surface area contributed by atoms with Gasteiger partial charge in [0.2, 0.25) is 0 Å². The second-order valence-corrected chi connectivity index (χ2v) is 6.62. The van der Waals surface area contributed by atoms with Gasteiger partial charge < -0.3 is 15.8 Å². The van der Waals surface area contributed by atoms with Gasteiger partial charge in [-0.05, 0) is 43.5 Å². The van der Waals surface area contributed by atoms with E-state index in [1.807, 2.05) is 12.1 Å². The topological polar surface area (TPSA) is 67.6 Å². The lowest BCUT2D eigenvalue weighted by molar-refractivity contribution is -0.116. The Labute approximate surface area is 154 Å². The summed E-state index contributed by atoms with van der Waals surface area (Å²) in [4.78, 5) is 14.0. The van der Waals surface area contributed by atoms with Gasteiger partial charge in [-0.2, -0.15) is 0 Å². The molecule has 1 saturated heterocycles. The minimum absolute atomic E-state index is 0.00441. The van der Waals surface area contributed by atoms with E-state index in [1.54, 1.807) is 13.2 Å². The number of carbonyl (C=O) groups excluding carboxylic acids is 1. The molecule has 3 N–H and O–H groups in total. The third kappa shape index (κ3) is 5.68. The molecule has 2 rings (SSSR count). The summed E-state index contributed by atoms with van der Waals surface area (Å²) in [6.45, 7) is 6.10. The minimum atomic E-state index is -0.219. The number of methoxy groups -OCH3 is 1. The van der Waals surface area contributed by atoms with Gasteiger partial charge in [0.15, 0.2) is 0 Å². The smallest absolute Gasteiger partial charge is 0.251 e. The molecule has 1 aromatic carbocycles. The summed E-state index contributed by atoms with van der Waals surface area (Å²) in [5.41, 5.74) is 6.42. The number of ether oxygens (including phenoxy) is 1. The van der Waals surface area contributed by atoms with Crippen molar-refractivity contribution >= 4 is 5.91 Å². The molecule has 0 bridgehead atoms. The summed E-state index contributed by atoms with van der Waals surface area (Å²) >= 11 is 0. The number of nitrogens with two attached hydrogens (primary N) is 1. The fourth-order valence-corrected chi connectivity index (χ4v) is 3.37. The first-order chi connectivity index (χ1) is 12.5. The first kappa shape index (κ1) is 20.1. The Balaban J connectivity index is 1.83. The van der Waals surface area contributed by atoms with E-state index in [0.29, 0.717) is 30.0 Å². The fourth-order valence-electron chi connectivity index (χ4n) is 3.37. The average Bonchev–Trinajstić information content (AvgIpc) is 2.66. The van der Waals surface area contributed by atoms with Crippen molar-refractivity contribution in [3.05, 3.63) is 60.2 Å². The van der Waals surface area contributed by atoms with Crippen molar-refractivity contribution in [3.8, 4) is 0 Å². The van der Waals surface area contributed by atoms with Crippen LogP contribution in [-0.4, -0.2) is 43.7 Å². The first-order valence-electron chi connectivity index (χ1n) is 8.89. The molecule has 6 heteroatoms. The maximum Gasteiger partial charge on any atom is 0.251 e. The lowest BCUT2D eigenvalue weighted by atomic mass is 9.87. The van der Waals surface area contributed by atoms with E-state index >= 15 is 0 Å². The molecule has 1 aliphatic heterocycles. The molecule has 1 fully saturated rings. The van der Waals surface area contributed by atoms with Crippen molar-refractivity contribution in [2.45, 2.75) is 25.4 Å². The SMILES string of the molecule is C=C(CN1CCC(C(Cc2ccccc2F)OC)CC1)C(=O)N/C=C\N. The Morgan fingerprint density at radius 1 is 1.46 bits per heavy atom. The van der Waals surface area contributed by atoms with Gasteiger partial charge in [0.1, 0.15) is 5.82 Å². The van der Waals surface area contributed by atoms with Crippen LogP contribution in [0.1, 0.15) is 18.4 Å². The molecule has 1 atom stereocenters. The largest absolute Gasteiger partial charge is 0.403 e. The van der Waals surface area contributed by atoms with Crippen LogP contribution in [0.5, 0.6) is 0 Å². The van der Waals surface area contributed by atoms with Gasteiger partial charge in [-0.3, -0.25) is 9.69 Å². The van der Waals surface area contributed by atoms with Gasteiger partial charge in [-0.15, -0.1) is 0 Å². The van der Waals surface area contributed by atoms with Gasteiger partial charge >= 0.3 is 0 Å². The monoisotopic (exact) mass is 361 g/mol. The van der Waals surface area contributed by atoms with Crippen LogP contribution in [0.15, 0.2) is 48.8 Å². The highest BCUT2D eigenvalue weighted by Gasteiger charge is 2.28. The van der Waals surface area contributed by atoms with Crippen LogP contribution in [0.2, 0.25) is 0 Å². The average molecular weight is 361 g/mol. The maximum atomic E-state index is 13.9. The van der Waals surface area contributed by atoms with Gasteiger partial charge in [0, 0.05) is 38.0 Å². The molecule has 142 valence electrons. The Morgan fingerprint density at radius 3 is 2.77 bits per heavy atom. The van der Waals surface area contributed by atoms with Crippen LogP contribution in [-0.2, 0) is 16.0 Å². The molecule has 26 heavy (non-hydrogen) atoms. The molecule has 1 amide bonds. The molecule has 1 unspecified atom stereocenters. The second kappa shape index (κ2) is 10.1. The zero-order chi connectivity index (χ0) is 18.9. The van der Waals surface area contributed by atoms with Crippen molar-refractivity contribution in [2.24, 2.45) is 11.7 Å². The van der Waals surface area contributed by atoms with Crippen molar-refractivity contribution in [1.29, 1.82) is 0 Å². The zero-order valence-electron chi connectivity index (χ0n) is 15.3. The van der Waals surface area contributed by atoms with Crippen LogP contribution < -0.4 is 11.1 Å². The normalized spacial score (nSPS) is 17.3. The molecule has 0 spiro atoms. The molecule has 1 aliphatic rings. The fraction of sp³-hybridized carbons (Fsp3) is 0.450. The van der Waals surface area contributed by atoms with E-state index in [-0.39, 0.29) is 17.8 Å². The van der Waals surface area contributed by atoms with Crippen molar-refractivity contribution in [3.63, 3.8) is 0 Å². The highest BCUT2D eigenvalue weighted by molar-refractivity contribution is 5.93. The molecule has 1 heterocycles. The van der Waals surface area contributed by atoms with Crippen LogP contribution in [0.3, 0.4) is 0 Å². The van der Waals surface area contributed by atoms with E-state index in [1.165, 1.54) is 18.5 Å². The van der Waals surface area contributed by atoms with Crippen molar-refractivity contribution < 1.29 is 13.9 Å². The van der Waals surface area contributed by atoms with Gasteiger partial charge in [-0.1, -0.05) is 24.8 Å². The highest BCUT2D eigenvalue weighted by Crippen LogP contribution is 2.26. The number of nitrogens with zero attached hydrogens (tertiary/aromatic N) is 1. The number of rotatable bonds is 8.